The highest BCUT2D eigenvalue weighted by molar-refractivity contribution is 8.00. The minimum Gasteiger partial charge on any atom is -0.480 e. The number of aromatic nitrogens is 1. The standard InChI is InChI=1S/C29H21FN4O4S/c30-21-8-4-7-20(13-21)23-14-25(18-5-2-1-3-6-18)34-29(24(23)15-31)39-17-26(35)33-22-11-9-19(10-12-22)28(38)32-16-27(36)37/h1-14H,16-17H2,(H,32,38)(H,33,35)(H,36,37). The van der Waals surface area contributed by atoms with Crippen LogP contribution in [0.4, 0.5) is 10.1 Å². The zero-order chi connectivity index (χ0) is 27.8. The lowest BCUT2D eigenvalue weighted by Gasteiger charge is -2.13. The molecule has 194 valence electrons. The van der Waals surface area contributed by atoms with Crippen molar-refractivity contribution in [3.63, 3.8) is 0 Å². The normalized spacial score (nSPS) is 10.4. The van der Waals surface area contributed by atoms with Crippen molar-refractivity contribution in [1.82, 2.24) is 10.3 Å². The van der Waals surface area contributed by atoms with Gasteiger partial charge in [0.05, 0.1) is 17.0 Å². The van der Waals surface area contributed by atoms with Crippen molar-refractivity contribution in [3.8, 4) is 28.5 Å². The van der Waals surface area contributed by atoms with Gasteiger partial charge in [0.1, 0.15) is 23.5 Å². The van der Waals surface area contributed by atoms with Crippen LogP contribution in [0.1, 0.15) is 15.9 Å². The van der Waals surface area contributed by atoms with E-state index in [4.69, 9.17) is 5.11 Å². The number of pyridine rings is 1. The number of anilines is 1. The van der Waals surface area contributed by atoms with E-state index >= 15 is 0 Å². The average Bonchev–Trinajstić information content (AvgIpc) is 2.95. The number of rotatable bonds is 9. The highest BCUT2D eigenvalue weighted by Gasteiger charge is 2.18. The number of aliphatic carboxylic acids is 1. The van der Waals surface area contributed by atoms with Gasteiger partial charge in [-0.1, -0.05) is 54.2 Å². The second-order valence-corrected chi connectivity index (χ2v) is 9.18. The number of hydrogen-bond acceptors (Lipinski definition) is 6. The third-order valence-corrected chi connectivity index (χ3v) is 6.45. The first kappa shape index (κ1) is 27.0. The summed E-state index contributed by atoms with van der Waals surface area (Å²) >= 11 is 1.08. The maximum Gasteiger partial charge on any atom is 0.322 e. The smallest absolute Gasteiger partial charge is 0.322 e. The molecule has 1 aromatic heterocycles. The fourth-order valence-electron chi connectivity index (χ4n) is 3.67. The van der Waals surface area contributed by atoms with E-state index in [1.807, 2.05) is 30.3 Å². The maximum atomic E-state index is 14.0. The molecule has 0 aliphatic heterocycles. The van der Waals surface area contributed by atoms with E-state index in [1.165, 1.54) is 36.4 Å². The molecule has 2 amide bonds. The second-order valence-electron chi connectivity index (χ2n) is 8.21. The zero-order valence-electron chi connectivity index (χ0n) is 20.3. The lowest BCUT2D eigenvalue weighted by atomic mass is 9.99. The molecule has 0 atom stereocenters. The van der Waals surface area contributed by atoms with Crippen molar-refractivity contribution in [3.05, 3.63) is 102 Å². The molecule has 0 fully saturated rings. The van der Waals surface area contributed by atoms with Crippen molar-refractivity contribution in [2.24, 2.45) is 0 Å². The van der Waals surface area contributed by atoms with Gasteiger partial charge in [0.25, 0.3) is 5.91 Å². The Morgan fingerprint density at radius 3 is 2.33 bits per heavy atom. The molecule has 10 heteroatoms. The first-order valence-electron chi connectivity index (χ1n) is 11.6. The minimum atomic E-state index is -1.16. The van der Waals surface area contributed by atoms with Gasteiger partial charge in [0.15, 0.2) is 0 Å². The van der Waals surface area contributed by atoms with Gasteiger partial charge < -0.3 is 15.7 Å². The summed E-state index contributed by atoms with van der Waals surface area (Å²) in [5, 5.41) is 24.0. The number of amides is 2. The number of hydrogen-bond donors (Lipinski definition) is 3. The number of nitriles is 1. The molecular formula is C29H21FN4O4S. The third kappa shape index (κ3) is 7.06. The third-order valence-electron chi connectivity index (χ3n) is 5.47. The van der Waals surface area contributed by atoms with E-state index in [2.05, 4.69) is 21.7 Å². The predicted molar refractivity (Wildman–Crippen MR) is 146 cm³/mol. The Morgan fingerprint density at radius 1 is 0.949 bits per heavy atom. The van der Waals surface area contributed by atoms with E-state index < -0.39 is 24.2 Å². The molecule has 4 aromatic rings. The van der Waals surface area contributed by atoms with Crippen LogP contribution in [-0.4, -0.2) is 40.2 Å². The van der Waals surface area contributed by atoms with Crippen molar-refractivity contribution < 1.29 is 23.9 Å². The molecule has 0 aliphatic carbocycles. The number of thioether (sulfide) groups is 1. The summed E-state index contributed by atoms with van der Waals surface area (Å²) in [5.41, 5.74) is 3.31. The molecule has 0 radical (unpaired) electrons. The molecule has 0 bridgehead atoms. The van der Waals surface area contributed by atoms with Gasteiger partial charge in [-0.25, -0.2) is 9.37 Å². The zero-order valence-corrected chi connectivity index (χ0v) is 21.2. The van der Waals surface area contributed by atoms with E-state index in [-0.39, 0.29) is 22.8 Å². The van der Waals surface area contributed by atoms with E-state index in [1.54, 1.807) is 18.2 Å². The van der Waals surface area contributed by atoms with Crippen molar-refractivity contribution in [2.45, 2.75) is 5.03 Å². The second kappa shape index (κ2) is 12.5. The first-order valence-corrected chi connectivity index (χ1v) is 12.6. The van der Waals surface area contributed by atoms with Gasteiger partial charge in [0, 0.05) is 22.4 Å². The topological polar surface area (TPSA) is 132 Å². The van der Waals surface area contributed by atoms with Gasteiger partial charge in [-0.05, 0) is 48.0 Å². The SMILES string of the molecule is N#Cc1c(-c2cccc(F)c2)cc(-c2ccccc2)nc1SCC(=O)Nc1ccc(C(=O)NCC(=O)O)cc1. The number of carboxylic acid groups (broad SMARTS) is 1. The predicted octanol–water partition coefficient (Wildman–Crippen LogP) is 4.97. The number of carboxylic acids is 1. The Labute approximate surface area is 227 Å². The molecular weight excluding hydrogens is 519 g/mol. The summed E-state index contributed by atoms with van der Waals surface area (Å²) in [7, 11) is 0. The molecule has 0 saturated carbocycles. The Bertz CT molecular complexity index is 1570. The molecule has 4 rings (SSSR count). The monoisotopic (exact) mass is 540 g/mol. The van der Waals surface area contributed by atoms with Crippen LogP contribution in [0.25, 0.3) is 22.4 Å². The highest BCUT2D eigenvalue weighted by Crippen LogP contribution is 2.34. The fourth-order valence-corrected chi connectivity index (χ4v) is 4.47. The van der Waals surface area contributed by atoms with Crippen LogP contribution in [-0.2, 0) is 9.59 Å². The van der Waals surface area contributed by atoms with Gasteiger partial charge in [-0.15, -0.1) is 0 Å². The largest absolute Gasteiger partial charge is 0.480 e. The van der Waals surface area contributed by atoms with Crippen LogP contribution in [0, 0.1) is 17.1 Å². The highest BCUT2D eigenvalue weighted by atomic mass is 32.2. The number of nitrogens with zero attached hydrogens (tertiary/aromatic N) is 2. The van der Waals surface area contributed by atoms with Crippen LogP contribution in [0.5, 0.6) is 0 Å². The summed E-state index contributed by atoms with van der Waals surface area (Å²) in [6, 6.07) is 25.1. The Balaban J connectivity index is 1.54. The Kier molecular flexibility index (Phi) is 8.66. The van der Waals surface area contributed by atoms with Crippen LogP contribution in [0.3, 0.4) is 0 Å². The summed E-state index contributed by atoms with van der Waals surface area (Å²) in [5.74, 6) is -2.58. The molecule has 3 N–H and O–H groups in total. The number of carbonyl (C=O) groups is 3. The molecule has 0 spiro atoms. The summed E-state index contributed by atoms with van der Waals surface area (Å²) in [6.45, 7) is -0.500. The van der Waals surface area contributed by atoms with Gasteiger partial charge in [-0.3, -0.25) is 14.4 Å². The quantitative estimate of drug-likeness (QED) is 0.255. The average molecular weight is 541 g/mol. The van der Waals surface area contributed by atoms with E-state index in [0.29, 0.717) is 27.5 Å². The summed E-state index contributed by atoms with van der Waals surface area (Å²) in [4.78, 5) is 39.9. The molecule has 0 saturated heterocycles. The molecule has 1 heterocycles. The van der Waals surface area contributed by atoms with Gasteiger partial charge in [0.2, 0.25) is 5.91 Å². The van der Waals surface area contributed by atoms with Gasteiger partial charge >= 0.3 is 5.97 Å². The van der Waals surface area contributed by atoms with Gasteiger partial charge in [-0.2, -0.15) is 5.26 Å². The van der Waals surface area contributed by atoms with Crippen LogP contribution >= 0.6 is 11.8 Å². The Hall–Kier alpha value is -5.01. The molecule has 8 nitrogen and oxygen atoms in total. The molecule has 3 aromatic carbocycles. The lowest BCUT2D eigenvalue weighted by molar-refractivity contribution is -0.135. The summed E-state index contributed by atoms with van der Waals surface area (Å²) < 4.78 is 14.0. The van der Waals surface area contributed by atoms with Crippen molar-refractivity contribution in [2.75, 3.05) is 17.6 Å². The molecule has 0 aliphatic rings. The van der Waals surface area contributed by atoms with Crippen molar-refractivity contribution in [1.29, 1.82) is 5.26 Å². The number of carbonyl (C=O) groups excluding carboxylic acids is 2. The first-order chi connectivity index (χ1) is 18.8. The summed E-state index contributed by atoms with van der Waals surface area (Å²) in [6.07, 6.45) is 0. The number of nitrogens with one attached hydrogen (secondary N) is 2. The maximum absolute atomic E-state index is 14.0. The van der Waals surface area contributed by atoms with Crippen LogP contribution < -0.4 is 10.6 Å². The number of halogens is 1. The lowest BCUT2D eigenvalue weighted by Crippen LogP contribution is -2.29. The van der Waals surface area contributed by atoms with Crippen LogP contribution in [0.2, 0.25) is 0 Å². The van der Waals surface area contributed by atoms with E-state index in [9.17, 15) is 24.0 Å². The molecule has 39 heavy (non-hydrogen) atoms. The number of benzene rings is 3. The van der Waals surface area contributed by atoms with E-state index in [0.717, 1.165) is 17.3 Å². The molecule has 0 unspecified atom stereocenters. The Morgan fingerprint density at radius 2 is 1.67 bits per heavy atom. The minimum absolute atomic E-state index is 0.0661. The van der Waals surface area contributed by atoms with Crippen molar-refractivity contribution >= 4 is 35.2 Å². The fraction of sp³-hybridized carbons (Fsp3) is 0.0690. The van der Waals surface area contributed by atoms with Crippen LogP contribution in [0.15, 0.2) is 90.0 Å².